The molecular formula is C23H27N5O3. The van der Waals surface area contributed by atoms with Crippen LogP contribution in [-0.4, -0.2) is 57.0 Å². The number of aromatic nitrogens is 4. The van der Waals surface area contributed by atoms with E-state index in [0.29, 0.717) is 31.1 Å². The molecule has 0 N–H and O–H groups in total. The van der Waals surface area contributed by atoms with Crippen LogP contribution in [0.25, 0.3) is 22.4 Å². The van der Waals surface area contributed by atoms with Crippen LogP contribution in [0.5, 0.6) is 0 Å². The minimum Gasteiger partial charge on any atom is -0.377 e. The van der Waals surface area contributed by atoms with E-state index in [1.807, 2.05) is 27.9 Å². The highest BCUT2D eigenvalue weighted by atomic mass is 16.5. The van der Waals surface area contributed by atoms with Crippen molar-refractivity contribution in [3.63, 3.8) is 0 Å². The van der Waals surface area contributed by atoms with Crippen LogP contribution in [0.4, 0.5) is 0 Å². The lowest BCUT2D eigenvalue weighted by Gasteiger charge is -2.33. The van der Waals surface area contributed by atoms with Crippen molar-refractivity contribution in [1.29, 1.82) is 0 Å². The molecule has 8 heteroatoms. The lowest BCUT2D eigenvalue weighted by atomic mass is 9.93. The molecule has 162 valence electrons. The minimum absolute atomic E-state index is 0.0527. The molecule has 2 aliphatic heterocycles. The molecule has 4 heterocycles. The van der Waals surface area contributed by atoms with Crippen molar-refractivity contribution in [1.82, 2.24) is 24.8 Å². The number of fused-ring (bicyclic) bond motifs is 1. The van der Waals surface area contributed by atoms with Crippen LogP contribution in [0.15, 0.2) is 28.9 Å². The van der Waals surface area contributed by atoms with Gasteiger partial charge >= 0.3 is 0 Å². The van der Waals surface area contributed by atoms with Crippen LogP contribution in [0, 0.1) is 5.41 Å². The summed E-state index contributed by atoms with van der Waals surface area (Å²) in [4.78, 5) is 19.6. The maximum Gasteiger partial charge on any atom is 0.258 e. The summed E-state index contributed by atoms with van der Waals surface area (Å²) >= 11 is 0. The van der Waals surface area contributed by atoms with Crippen molar-refractivity contribution in [2.24, 2.45) is 5.41 Å². The van der Waals surface area contributed by atoms with Gasteiger partial charge in [-0.2, -0.15) is 10.1 Å². The SMILES string of the molecule is CCC1(C(=O)N2CCC(c3noc(-c4ccc5cnn(C6COC6)c5c4)n3)CC2)CC1. The van der Waals surface area contributed by atoms with Crippen LogP contribution in [0.2, 0.25) is 0 Å². The van der Waals surface area contributed by atoms with Crippen molar-refractivity contribution in [2.75, 3.05) is 26.3 Å². The zero-order valence-electron chi connectivity index (χ0n) is 17.8. The third-order valence-corrected chi connectivity index (χ3v) is 7.38. The topological polar surface area (TPSA) is 86.3 Å². The number of rotatable bonds is 5. The van der Waals surface area contributed by atoms with Crippen molar-refractivity contribution < 1.29 is 14.1 Å². The fourth-order valence-corrected chi connectivity index (χ4v) is 4.89. The highest BCUT2D eigenvalue weighted by Gasteiger charge is 2.50. The van der Waals surface area contributed by atoms with Gasteiger partial charge in [0.1, 0.15) is 0 Å². The van der Waals surface area contributed by atoms with Crippen LogP contribution in [-0.2, 0) is 9.53 Å². The highest BCUT2D eigenvalue weighted by molar-refractivity contribution is 5.85. The molecule has 3 fully saturated rings. The Kier molecular flexibility index (Phi) is 4.38. The quantitative estimate of drug-likeness (QED) is 0.626. The second-order valence-electron chi connectivity index (χ2n) is 9.21. The first-order chi connectivity index (χ1) is 15.2. The van der Waals surface area contributed by atoms with Crippen molar-refractivity contribution in [2.45, 2.75) is 51.0 Å². The lowest BCUT2D eigenvalue weighted by Crippen LogP contribution is -2.42. The molecule has 0 radical (unpaired) electrons. The molecular weight excluding hydrogens is 394 g/mol. The summed E-state index contributed by atoms with van der Waals surface area (Å²) < 4.78 is 13.0. The van der Waals surface area contributed by atoms with Gasteiger partial charge in [0.05, 0.1) is 31.0 Å². The number of benzene rings is 1. The number of ether oxygens (including phenoxy) is 1. The van der Waals surface area contributed by atoms with Gasteiger partial charge < -0.3 is 14.2 Å². The second kappa shape index (κ2) is 7.15. The third-order valence-electron chi connectivity index (χ3n) is 7.38. The molecule has 31 heavy (non-hydrogen) atoms. The first-order valence-electron chi connectivity index (χ1n) is 11.4. The van der Waals surface area contributed by atoms with Gasteiger partial charge in [-0.1, -0.05) is 18.1 Å². The van der Waals surface area contributed by atoms with Crippen molar-refractivity contribution in [3.05, 3.63) is 30.2 Å². The van der Waals surface area contributed by atoms with Gasteiger partial charge in [0, 0.05) is 35.4 Å². The predicted molar refractivity (Wildman–Crippen MR) is 113 cm³/mol. The van der Waals surface area contributed by atoms with Crippen LogP contribution < -0.4 is 0 Å². The van der Waals surface area contributed by atoms with E-state index in [2.05, 4.69) is 23.2 Å². The molecule has 0 atom stereocenters. The number of likely N-dealkylation sites (tertiary alicyclic amines) is 1. The third kappa shape index (κ3) is 3.15. The van der Waals surface area contributed by atoms with E-state index in [4.69, 9.17) is 14.2 Å². The van der Waals surface area contributed by atoms with Gasteiger partial charge in [-0.3, -0.25) is 9.48 Å². The van der Waals surface area contributed by atoms with Gasteiger partial charge in [-0.25, -0.2) is 0 Å². The largest absolute Gasteiger partial charge is 0.377 e. The summed E-state index contributed by atoms with van der Waals surface area (Å²) in [6, 6.07) is 6.41. The van der Waals surface area contributed by atoms with E-state index >= 15 is 0 Å². The van der Waals surface area contributed by atoms with Gasteiger partial charge in [0.25, 0.3) is 5.89 Å². The number of hydrogen-bond acceptors (Lipinski definition) is 6. The second-order valence-corrected chi connectivity index (χ2v) is 9.21. The average molecular weight is 422 g/mol. The Morgan fingerprint density at radius 2 is 2.03 bits per heavy atom. The van der Waals surface area contributed by atoms with Crippen molar-refractivity contribution >= 4 is 16.8 Å². The Balaban J connectivity index is 1.17. The Bertz CT molecular complexity index is 1120. The number of hydrogen-bond donors (Lipinski definition) is 0. The summed E-state index contributed by atoms with van der Waals surface area (Å²) in [5.41, 5.74) is 1.91. The summed E-state index contributed by atoms with van der Waals surface area (Å²) in [5.74, 6) is 1.87. The van der Waals surface area contributed by atoms with Gasteiger partial charge in [0.2, 0.25) is 5.91 Å². The van der Waals surface area contributed by atoms with Crippen molar-refractivity contribution in [3.8, 4) is 11.5 Å². The molecule has 2 aromatic heterocycles. The van der Waals surface area contributed by atoms with Gasteiger partial charge in [-0.05, 0) is 44.2 Å². The van der Waals surface area contributed by atoms with Crippen LogP contribution >= 0.6 is 0 Å². The molecule has 0 unspecified atom stereocenters. The van der Waals surface area contributed by atoms with Crippen LogP contribution in [0.3, 0.4) is 0 Å². The predicted octanol–water partition coefficient (Wildman–Crippen LogP) is 3.55. The molecule has 1 saturated carbocycles. The summed E-state index contributed by atoms with van der Waals surface area (Å²) in [6.45, 7) is 5.09. The maximum atomic E-state index is 12.8. The molecule has 0 bridgehead atoms. The monoisotopic (exact) mass is 421 g/mol. The summed E-state index contributed by atoms with van der Waals surface area (Å²) in [7, 11) is 0. The smallest absolute Gasteiger partial charge is 0.258 e. The molecule has 1 aliphatic carbocycles. The molecule has 8 nitrogen and oxygen atoms in total. The zero-order valence-corrected chi connectivity index (χ0v) is 17.8. The maximum absolute atomic E-state index is 12.8. The van der Waals surface area contributed by atoms with Gasteiger partial charge in [-0.15, -0.1) is 0 Å². The van der Waals surface area contributed by atoms with E-state index in [0.717, 1.165) is 67.5 Å². The Morgan fingerprint density at radius 1 is 1.23 bits per heavy atom. The number of carbonyl (C=O) groups is 1. The number of piperidine rings is 1. The van der Waals surface area contributed by atoms with E-state index in [1.165, 1.54) is 0 Å². The normalized spacial score (nSPS) is 21.4. The summed E-state index contributed by atoms with van der Waals surface area (Å²) in [5, 5.41) is 9.89. The average Bonchev–Trinajstić information content (AvgIpc) is 3.23. The molecule has 3 aliphatic rings. The fourth-order valence-electron chi connectivity index (χ4n) is 4.89. The molecule has 6 rings (SSSR count). The molecule has 2 saturated heterocycles. The number of nitrogens with zero attached hydrogens (tertiary/aromatic N) is 5. The lowest BCUT2D eigenvalue weighted by molar-refractivity contribution is -0.138. The zero-order chi connectivity index (χ0) is 21.0. The van der Waals surface area contributed by atoms with E-state index in [-0.39, 0.29) is 11.3 Å². The van der Waals surface area contributed by atoms with E-state index in [1.54, 1.807) is 0 Å². The number of carbonyl (C=O) groups excluding carboxylic acids is 1. The van der Waals surface area contributed by atoms with E-state index < -0.39 is 0 Å². The Hall–Kier alpha value is -2.74. The molecule has 1 aromatic carbocycles. The van der Waals surface area contributed by atoms with E-state index in [9.17, 15) is 4.79 Å². The van der Waals surface area contributed by atoms with Crippen LogP contribution in [0.1, 0.15) is 56.8 Å². The molecule has 3 aromatic rings. The first kappa shape index (κ1) is 19.0. The Labute approximate surface area is 180 Å². The summed E-state index contributed by atoms with van der Waals surface area (Å²) in [6.07, 6.45) is 6.71. The number of amides is 1. The highest BCUT2D eigenvalue weighted by Crippen LogP contribution is 2.50. The standard InChI is InChI=1S/C23H27N5O3/c1-2-23(7-8-23)22(29)27-9-5-15(6-10-27)20-25-21(31-26-20)16-3-4-17-12-24-28(19(17)11-16)18-13-30-14-18/h3-4,11-12,15,18H,2,5-10,13-14H2,1H3. The van der Waals surface area contributed by atoms with Gasteiger partial charge in [0.15, 0.2) is 5.82 Å². The minimum atomic E-state index is -0.0527. The fraction of sp³-hybridized carbons (Fsp3) is 0.565. The molecule has 0 spiro atoms. The molecule has 1 amide bonds. The first-order valence-corrected chi connectivity index (χ1v) is 11.4. The Morgan fingerprint density at radius 3 is 2.71 bits per heavy atom.